The van der Waals surface area contributed by atoms with E-state index < -0.39 is 6.43 Å². The van der Waals surface area contributed by atoms with Crippen molar-refractivity contribution < 1.29 is 8.78 Å². The van der Waals surface area contributed by atoms with Crippen molar-refractivity contribution >= 4 is 34.2 Å². The molecule has 0 N–H and O–H groups in total. The van der Waals surface area contributed by atoms with Crippen molar-refractivity contribution in [2.75, 3.05) is 0 Å². The number of hydrogen-bond donors (Lipinski definition) is 0. The summed E-state index contributed by atoms with van der Waals surface area (Å²) in [5, 5.41) is 8.49. The largest absolute Gasteiger partial charge is 0.265 e. The molecule has 1 rings (SSSR count). The molecule has 1 heterocycles. The monoisotopic (exact) mass is 342 g/mol. The molecular weight excluding hydrogens is 336 g/mol. The van der Waals surface area contributed by atoms with Crippen LogP contribution in [0.5, 0.6) is 0 Å². The van der Waals surface area contributed by atoms with Crippen LogP contribution in [0.1, 0.15) is 23.2 Å². The van der Waals surface area contributed by atoms with E-state index in [0.29, 0.717) is 9.26 Å². The number of hydrogen-bond acceptors (Lipinski definition) is 2. The third-order valence-electron chi connectivity index (χ3n) is 1.83. The van der Waals surface area contributed by atoms with Gasteiger partial charge < -0.3 is 0 Å². The summed E-state index contributed by atoms with van der Waals surface area (Å²) < 4.78 is 25.8. The van der Waals surface area contributed by atoms with Crippen LogP contribution in [-0.4, -0.2) is 4.98 Å². The standard InChI is InChI=1S/C9H6ClF2IN2/c10-3-6-8(13)7(9(11)12)5(1-2-14)4-15-6/h4,9H,1,3H2. The van der Waals surface area contributed by atoms with Crippen molar-refractivity contribution in [1.29, 1.82) is 5.26 Å². The van der Waals surface area contributed by atoms with E-state index in [4.69, 9.17) is 16.9 Å². The van der Waals surface area contributed by atoms with Crippen LogP contribution in [-0.2, 0) is 12.3 Å². The van der Waals surface area contributed by atoms with Crippen LogP contribution in [0.25, 0.3) is 0 Å². The van der Waals surface area contributed by atoms with Crippen LogP contribution in [0.15, 0.2) is 6.20 Å². The topological polar surface area (TPSA) is 36.7 Å². The van der Waals surface area contributed by atoms with Gasteiger partial charge in [0.15, 0.2) is 0 Å². The van der Waals surface area contributed by atoms with Gasteiger partial charge in [0.1, 0.15) is 0 Å². The molecule has 2 nitrogen and oxygen atoms in total. The van der Waals surface area contributed by atoms with E-state index in [-0.39, 0.29) is 23.4 Å². The Labute approximate surface area is 104 Å². The second kappa shape index (κ2) is 5.56. The van der Waals surface area contributed by atoms with Gasteiger partial charge in [-0.25, -0.2) is 8.78 Å². The zero-order valence-corrected chi connectivity index (χ0v) is 10.4. The van der Waals surface area contributed by atoms with Crippen LogP contribution in [0.4, 0.5) is 8.78 Å². The first-order chi connectivity index (χ1) is 7.11. The Morgan fingerprint density at radius 1 is 1.60 bits per heavy atom. The normalized spacial score (nSPS) is 10.4. The highest BCUT2D eigenvalue weighted by atomic mass is 127. The van der Waals surface area contributed by atoms with Gasteiger partial charge >= 0.3 is 0 Å². The molecule has 15 heavy (non-hydrogen) atoms. The van der Waals surface area contributed by atoms with Gasteiger partial charge in [-0.1, -0.05) is 0 Å². The molecule has 0 fully saturated rings. The van der Waals surface area contributed by atoms with Gasteiger partial charge in [-0.2, -0.15) is 5.26 Å². The number of pyridine rings is 1. The van der Waals surface area contributed by atoms with E-state index in [1.807, 2.05) is 6.07 Å². The van der Waals surface area contributed by atoms with Crippen molar-refractivity contribution in [1.82, 2.24) is 4.98 Å². The molecule has 0 bridgehead atoms. The number of alkyl halides is 3. The highest BCUT2D eigenvalue weighted by Gasteiger charge is 2.19. The minimum atomic E-state index is -2.61. The van der Waals surface area contributed by atoms with Crippen LogP contribution < -0.4 is 0 Å². The first kappa shape index (κ1) is 12.6. The van der Waals surface area contributed by atoms with E-state index >= 15 is 0 Å². The Bertz CT molecular complexity index is 404. The Morgan fingerprint density at radius 2 is 2.27 bits per heavy atom. The average molecular weight is 343 g/mol. The molecule has 0 aliphatic heterocycles. The lowest BCUT2D eigenvalue weighted by Crippen LogP contribution is -2.03. The van der Waals surface area contributed by atoms with Gasteiger partial charge in [0.25, 0.3) is 6.43 Å². The lowest BCUT2D eigenvalue weighted by Gasteiger charge is -2.10. The fourth-order valence-electron chi connectivity index (χ4n) is 1.13. The fraction of sp³-hybridized carbons (Fsp3) is 0.333. The minimum Gasteiger partial charge on any atom is -0.259 e. The molecule has 0 radical (unpaired) electrons. The van der Waals surface area contributed by atoms with Gasteiger partial charge in [-0.3, -0.25) is 4.98 Å². The second-order valence-corrected chi connectivity index (χ2v) is 4.07. The van der Waals surface area contributed by atoms with E-state index in [2.05, 4.69) is 4.98 Å². The number of aromatic nitrogens is 1. The first-order valence-corrected chi connectivity index (χ1v) is 5.60. The predicted molar refractivity (Wildman–Crippen MR) is 60.8 cm³/mol. The Balaban J connectivity index is 3.32. The molecule has 0 unspecified atom stereocenters. The predicted octanol–water partition coefficient (Wildman–Crippen LogP) is 3.43. The lowest BCUT2D eigenvalue weighted by molar-refractivity contribution is 0.149. The van der Waals surface area contributed by atoms with Crippen molar-refractivity contribution in [3.63, 3.8) is 0 Å². The summed E-state index contributed by atoms with van der Waals surface area (Å²) in [6, 6.07) is 1.83. The van der Waals surface area contributed by atoms with Crippen molar-refractivity contribution in [2.45, 2.75) is 18.7 Å². The smallest absolute Gasteiger partial charge is 0.259 e. The molecule has 80 valence electrons. The summed E-state index contributed by atoms with van der Waals surface area (Å²) in [4.78, 5) is 3.93. The molecular formula is C9H6ClF2IN2. The van der Waals surface area contributed by atoms with Gasteiger partial charge in [-0.15, -0.1) is 11.6 Å². The number of rotatable bonds is 3. The van der Waals surface area contributed by atoms with E-state index in [1.165, 1.54) is 6.20 Å². The van der Waals surface area contributed by atoms with Gasteiger partial charge in [-0.05, 0) is 28.2 Å². The van der Waals surface area contributed by atoms with Crippen molar-refractivity contribution in [3.05, 3.63) is 26.6 Å². The van der Waals surface area contributed by atoms with E-state index in [0.717, 1.165) is 0 Å². The highest BCUT2D eigenvalue weighted by molar-refractivity contribution is 14.1. The molecule has 0 aliphatic rings. The maximum absolute atomic E-state index is 12.7. The molecule has 1 aromatic heterocycles. The maximum atomic E-state index is 12.7. The average Bonchev–Trinajstić information content (AvgIpc) is 2.18. The minimum absolute atomic E-state index is 0.0642. The molecule has 0 aliphatic carbocycles. The molecule has 0 saturated carbocycles. The molecule has 0 spiro atoms. The number of nitriles is 1. The first-order valence-electron chi connectivity index (χ1n) is 3.99. The molecule has 0 amide bonds. The molecule has 6 heteroatoms. The molecule has 0 aromatic carbocycles. The summed E-state index contributed by atoms with van der Waals surface area (Å²) in [7, 11) is 0. The quantitative estimate of drug-likeness (QED) is 0.623. The summed E-state index contributed by atoms with van der Waals surface area (Å²) in [6.45, 7) is 0. The van der Waals surface area contributed by atoms with Crippen molar-refractivity contribution in [3.8, 4) is 6.07 Å². The summed E-state index contributed by atoms with van der Waals surface area (Å²) >= 11 is 7.35. The third-order valence-corrected chi connectivity index (χ3v) is 3.28. The summed E-state index contributed by atoms with van der Waals surface area (Å²) in [6.07, 6.45) is -1.37. The van der Waals surface area contributed by atoms with E-state index in [9.17, 15) is 8.78 Å². The van der Waals surface area contributed by atoms with Gasteiger partial charge in [0.05, 0.1) is 24.1 Å². The fourth-order valence-corrected chi connectivity index (χ4v) is 2.47. The van der Waals surface area contributed by atoms with E-state index in [1.54, 1.807) is 22.6 Å². The molecule has 1 aromatic rings. The van der Waals surface area contributed by atoms with Crippen LogP contribution in [0, 0.1) is 14.9 Å². The Morgan fingerprint density at radius 3 is 2.73 bits per heavy atom. The number of nitrogens with zero attached hydrogens (tertiary/aromatic N) is 2. The van der Waals surface area contributed by atoms with Crippen molar-refractivity contribution in [2.24, 2.45) is 0 Å². The highest BCUT2D eigenvalue weighted by Crippen LogP contribution is 2.30. The van der Waals surface area contributed by atoms with Crippen LogP contribution >= 0.6 is 34.2 Å². The molecule has 0 saturated heterocycles. The summed E-state index contributed by atoms with van der Waals surface area (Å²) in [5.41, 5.74) is 0.572. The molecule has 0 atom stereocenters. The third kappa shape index (κ3) is 2.75. The number of halogens is 4. The van der Waals surface area contributed by atoms with Gasteiger partial charge in [0.2, 0.25) is 0 Å². The Kier molecular flexibility index (Phi) is 4.67. The zero-order valence-electron chi connectivity index (χ0n) is 7.48. The van der Waals surface area contributed by atoms with Crippen LogP contribution in [0.2, 0.25) is 0 Å². The Hall–Kier alpha value is -0.480. The SMILES string of the molecule is N#CCc1cnc(CCl)c(I)c1C(F)F. The zero-order chi connectivity index (χ0) is 11.4. The maximum Gasteiger partial charge on any atom is 0.265 e. The second-order valence-electron chi connectivity index (χ2n) is 2.73. The summed E-state index contributed by atoms with van der Waals surface area (Å²) in [5.74, 6) is 0.0881. The van der Waals surface area contributed by atoms with Gasteiger partial charge in [0, 0.05) is 15.3 Å². The van der Waals surface area contributed by atoms with Crippen LogP contribution in [0.3, 0.4) is 0 Å². The lowest BCUT2D eigenvalue weighted by atomic mass is 10.1.